The summed E-state index contributed by atoms with van der Waals surface area (Å²) in [5, 5.41) is 4.94. The number of hydrogen-bond acceptors (Lipinski definition) is 3. The molecule has 0 amide bonds. The van der Waals surface area contributed by atoms with Crippen LogP contribution in [-0.2, 0) is 0 Å². The van der Waals surface area contributed by atoms with Crippen molar-refractivity contribution in [1.29, 1.82) is 0 Å². The summed E-state index contributed by atoms with van der Waals surface area (Å²) in [7, 11) is 0. The van der Waals surface area contributed by atoms with Crippen molar-refractivity contribution in [2.24, 2.45) is 0 Å². The molecule has 0 aliphatic carbocycles. The van der Waals surface area contributed by atoms with Crippen molar-refractivity contribution in [2.45, 2.75) is 6.92 Å². The normalized spacial score (nSPS) is 11.0. The second-order valence-electron chi connectivity index (χ2n) is 3.43. The SMILES string of the molecule is Cc1noc(-c2ccc3cc[nH]c3c2)n1. The highest BCUT2D eigenvalue weighted by atomic mass is 16.5. The molecule has 3 rings (SSSR count). The first kappa shape index (κ1) is 8.23. The van der Waals surface area contributed by atoms with Crippen LogP contribution in [0.2, 0.25) is 0 Å². The van der Waals surface area contributed by atoms with Gasteiger partial charge in [0.05, 0.1) is 0 Å². The molecule has 2 aromatic heterocycles. The summed E-state index contributed by atoms with van der Waals surface area (Å²) in [6.45, 7) is 1.81. The van der Waals surface area contributed by atoms with E-state index in [1.165, 1.54) is 5.39 Å². The monoisotopic (exact) mass is 199 g/mol. The molecule has 4 heteroatoms. The van der Waals surface area contributed by atoms with E-state index in [0.717, 1.165) is 11.1 Å². The van der Waals surface area contributed by atoms with E-state index in [1.54, 1.807) is 6.92 Å². The van der Waals surface area contributed by atoms with Crippen molar-refractivity contribution < 1.29 is 4.52 Å². The predicted molar refractivity (Wildman–Crippen MR) is 56.3 cm³/mol. The van der Waals surface area contributed by atoms with Gasteiger partial charge in [-0.1, -0.05) is 11.2 Å². The maximum absolute atomic E-state index is 5.10. The summed E-state index contributed by atoms with van der Waals surface area (Å²) in [6.07, 6.45) is 1.91. The topological polar surface area (TPSA) is 54.7 Å². The van der Waals surface area contributed by atoms with Crippen molar-refractivity contribution >= 4 is 10.9 Å². The van der Waals surface area contributed by atoms with Gasteiger partial charge in [-0.3, -0.25) is 0 Å². The standard InChI is InChI=1S/C11H9N3O/c1-7-13-11(15-14-7)9-3-2-8-4-5-12-10(8)6-9/h2-6,12H,1H3. The number of rotatable bonds is 1. The van der Waals surface area contributed by atoms with Crippen LogP contribution in [0.4, 0.5) is 0 Å². The van der Waals surface area contributed by atoms with Crippen LogP contribution >= 0.6 is 0 Å². The fourth-order valence-corrected chi connectivity index (χ4v) is 1.60. The third kappa shape index (κ3) is 1.30. The maximum atomic E-state index is 5.10. The largest absolute Gasteiger partial charge is 0.361 e. The van der Waals surface area contributed by atoms with Gasteiger partial charge in [0, 0.05) is 17.3 Å². The van der Waals surface area contributed by atoms with Gasteiger partial charge in [0.15, 0.2) is 5.82 Å². The Labute approximate surface area is 85.9 Å². The van der Waals surface area contributed by atoms with E-state index < -0.39 is 0 Å². The number of nitrogens with zero attached hydrogens (tertiary/aromatic N) is 2. The van der Waals surface area contributed by atoms with Crippen LogP contribution in [-0.4, -0.2) is 15.1 Å². The van der Waals surface area contributed by atoms with Gasteiger partial charge in [-0.25, -0.2) is 0 Å². The number of H-pyrrole nitrogens is 1. The molecule has 15 heavy (non-hydrogen) atoms. The van der Waals surface area contributed by atoms with Gasteiger partial charge in [-0.05, 0) is 30.5 Å². The third-order valence-electron chi connectivity index (χ3n) is 2.33. The van der Waals surface area contributed by atoms with Gasteiger partial charge >= 0.3 is 0 Å². The fraction of sp³-hybridized carbons (Fsp3) is 0.0909. The summed E-state index contributed by atoms with van der Waals surface area (Å²) >= 11 is 0. The molecule has 0 saturated carbocycles. The molecule has 0 unspecified atom stereocenters. The Morgan fingerprint density at radius 1 is 1.27 bits per heavy atom. The van der Waals surface area contributed by atoms with Crippen LogP contribution in [0.1, 0.15) is 5.82 Å². The van der Waals surface area contributed by atoms with Gasteiger partial charge < -0.3 is 9.51 Å². The lowest BCUT2D eigenvalue weighted by molar-refractivity contribution is 0.425. The highest BCUT2D eigenvalue weighted by Crippen LogP contribution is 2.21. The van der Waals surface area contributed by atoms with Crippen LogP contribution in [0.25, 0.3) is 22.4 Å². The molecule has 4 nitrogen and oxygen atoms in total. The van der Waals surface area contributed by atoms with E-state index in [1.807, 2.05) is 30.5 Å². The Balaban J connectivity index is 2.18. The third-order valence-corrected chi connectivity index (χ3v) is 2.33. The zero-order valence-corrected chi connectivity index (χ0v) is 8.19. The average molecular weight is 199 g/mol. The molecule has 1 N–H and O–H groups in total. The lowest BCUT2D eigenvalue weighted by Crippen LogP contribution is -1.78. The van der Waals surface area contributed by atoms with Crippen molar-refractivity contribution in [3.63, 3.8) is 0 Å². The maximum Gasteiger partial charge on any atom is 0.257 e. The second-order valence-corrected chi connectivity index (χ2v) is 3.43. The van der Waals surface area contributed by atoms with E-state index in [2.05, 4.69) is 15.1 Å². The Morgan fingerprint density at radius 3 is 3.00 bits per heavy atom. The fourth-order valence-electron chi connectivity index (χ4n) is 1.60. The molecule has 0 aliphatic rings. The van der Waals surface area contributed by atoms with Crippen LogP contribution < -0.4 is 0 Å². The molecule has 0 saturated heterocycles. The summed E-state index contributed by atoms with van der Waals surface area (Å²) in [6, 6.07) is 8.03. The number of aryl methyl sites for hydroxylation is 1. The lowest BCUT2D eigenvalue weighted by atomic mass is 10.1. The van der Waals surface area contributed by atoms with E-state index in [-0.39, 0.29) is 0 Å². The first-order valence-corrected chi connectivity index (χ1v) is 4.71. The molecule has 3 aromatic rings. The number of hydrogen-bond donors (Lipinski definition) is 1. The van der Waals surface area contributed by atoms with E-state index in [9.17, 15) is 0 Å². The van der Waals surface area contributed by atoms with Crippen molar-refractivity contribution in [3.05, 3.63) is 36.3 Å². The van der Waals surface area contributed by atoms with Crippen LogP contribution in [0.15, 0.2) is 35.0 Å². The summed E-state index contributed by atoms with van der Waals surface area (Å²) in [5.74, 6) is 1.21. The van der Waals surface area contributed by atoms with Crippen molar-refractivity contribution in [1.82, 2.24) is 15.1 Å². The number of nitrogens with one attached hydrogen (secondary N) is 1. The molecular formula is C11H9N3O. The van der Waals surface area contributed by atoms with Crippen molar-refractivity contribution in [2.75, 3.05) is 0 Å². The van der Waals surface area contributed by atoms with Crippen molar-refractivity contribution in [3.8, 4) is 11.5 Å². The number of benzene rings is 1. The minimum absolute atomic E-state index is 0.559. The second kappa shape index (κ2) is 2.95. The number of aromatic nitrogens is 3. The minimum Gasteiger partial charge on any atom is -0.361 e. The zero-order chi connectivity index (χ0) is 10.3. The molecular weight excluding hydrogens is 190 g/mol. The summed E-state index contributed by atoms with van der Waals surface area (Å²) < 4.78 is 5.10. The van der Waals surface area contributed by atoms with Gasteiger partial charge in [0.25, 0.3) is 5.89 Å². The van der Waals surface area contributed by atoms with Crippen LogP contribution in [0, 0.1) is 6.92 Å². The molecule has 74 valence electrons. The first-order valence-electron chi connectivity index (χ1n) is 4.71. The molecule has 0 bridgehead atoms. The first-order chi connectivity index (χ1) is 7.33. The van der Waals surface area contributed by atoms with Gasteiger partial charge in [0.2, 0.25) is 0 Å². The Kier molecular flexibility index (Phi) is 1.62. The lowest BCUT2D eigenvalue weighted by Gasteiger charge is -1.94. The average Bonchev–Trinajstić information content (AvgIpc) is 2.84. The minimum atomic E-state index is 0.559. The quantitative estimate of drug-likeness (QED) is 0.655. The zero-order valence-electron chi connectivity index (χ0n) is 8.19. The summed E-state index contributed by atoms with van der Waals surface area (Å²) in [5.41, 5.74) is 2.01. The molecule has 0 fully saturated rings. The Hall–Kier alpha value is -2.10. The van der Waals surface area contributed by atoms with Crippen LogP contribution in [0.3, 0.4) is 0 Å². The van der Waals surface area contributed by atoms with Crippen LogP contribution in [0.5, 0.6) is 0 Å². The highest BCUT2D eigenvalue weighted by Gasteiger charge is 2.06. The Bertz CT molecular complexity index is 609. The van der Waals surface area contributed by atoms with E-state index >= 15 is 0 Å². The van der Waals surface area contributed by atoms with Gasteiger partial charge in [0.1, 0.15) is 0 Å². The number of fused-ring (bicyclic) bond motifs is 1. The molecule has 2 heterocycles. The van der Waals surface area contributed by atoms with Gasteiger partial charge in [-0.15, -0.1) is 0 Å². The molecule has 0 spiro atoms. The molecule has 1 aromatic carbocycles. The number of aromatic amines is 1. The molecule has 0 radical (unpaired) electrons. The highest BCUT2D eigenvalue weighted by molar-refractivity contribution is 5.83. The Morgan fingerprint density at radius 2 is 2.20 bits per heavy atom. The molecule has 0 atom stereocenters. The predicted octanol–water partition coefficient (Wildman–Crippen LogP) is 2.53. The van der Waals surface area contributed by atoms with Gasteiger partial charge in [-0.2, -0.15) is 4.98 Å². The molecule has 0 aliphatic heterocycles. The van der Waals surface area contributed by atoms with E-state index in [4.69, 9.17) is 4.52 Å². The smallest absolute Gasteiger partial charge is 0.257 e. The summed E-state index contributed by atoms with van der Waals surface area (Å²) in [4.78, 5) is 7.33. The van der Waals surface area contributed by atoms with E-state index in [0.29, 0.717) is 11.7 Å².